The van der Waals surface area contributed by atoms with E-state index >= 15 is 0 Å². The Bertz CT molecular complexity index is 691. The summed E-state index contributed by atoms with van der Waals surface area (Å²) >= 11 is 0. The quantitative estimate of drug-likeness (QED) is 0.745. The van der Waals surface area contributed by atoms with Crippen molar-refractivity contribution in [1.29, 1.82) is 0 Å². The van der Waals surface area contributed by atoms with E-state index in [1.54, 1.807) is 24.8 Å². The molecule has 3 aromatic heterocycles. The monoisotopic (exact) mass is 254 g/mol. The van der Waals surface area contributed by atoms with Gasteiger partial charge in [-0.05, 0) is 24.6 Å². The highest BCUT2D eigenvalue weighted by Gasteiger charge is 2.10. The summed E-state index contributed by atoms with van der Waals surface area (Å²) in [6.45, 7) is 2.06. The molecule has 3 rings (SSSR count). The lowest BCUT2D eigenvalue weighted by molar-refractivity contribution is 0.870. The number of imidazole rings is 1. The van der Waals surface area contributed by atoms with Gasteiger partial charge in [0.25, 0.3) is 0 Å². The van der Waals surface area contributed by atoms with Crippen LogP contribution in [0.3, 0.4) is 0 Å². The molecule has 19 heavy (non-hydrogen) atoms. The van der Waals surface area contributed by atoms with E-state index in [1.165, 1.54) is 0 Å². The molecule has 0 aliphatic carbocycles. The number of nitrogens with one attached hydrogen (secondary N) is 1. The summed E-state index contributed by atoms with van der Waals surface area (Å²) in [5.74, 6) is 1.13. The second-order valence-corrected chi connectivity index (χ2v) is 4.32. The van der Waals surface area contributed by atoms with Crippen LogP contribution >= 0.6 is 0 Å². The number of hydrogen-bond donors (Lipinski definition) is 2. The van der Waals surface area contributed by atoms with Crippen LogP contribution in [0.4, 0.5) is 11.6 Å². The first-order valence-electron chi connectivity index (χ1n) is 5.99. The van der Waals surface area contributed by atoms with Crippen molar-refractivity contribution in [2.75, 3.05) is 11.1 Å². The van der Waals surface area contributed by atoms with Gasteiger partial charge in [-0.3, -0.25) is 4.98 Å². The van der Waals surface area contributed by atoms with Gasteiger partial charge < -0.3 is 15.5 Å². The molecule has 6 nitrogen and oxygen atoms in total. The number of nitrogens with two attached hydrogens (primary N) is 1. The minimum absolute atomic E-state index is 0.0952. The van der Waals surface area contributed by atoms with Crippen LogP contribution in [0.5, 0.6) is 0 Å². The van der Waals surface area contributed by atoms with E-state index in [4.69, 9.17) is 5.73 Å². The summed E-state index contributed by atoms with van der Waals surface area (Å²) in [4.78, 5) is 12.6. The molecular formula is C13H14N6. The molecule has 3 N–H and O–H groups in total. The Morgan fingerprint density at radius 3 is 2.84 bits per heavy atom. The Morgan fingerprint density at radius 2 is 2.05 bits per heavy atom. The van der Waals surface area contributed by atoms with E-state index in [9.17, 15) is 0 Å². The third-order valence-corrected chi connectivity index (χ3v) is 2.95. The molecule has 0 spiro atoms. The van der Waals surface area contributed by atoms with Gasteiger partial charge in [0, 0.05) is 24.8 Å². The Labute approximate surface area is 110 Å². The summed E-state index contributed by atoms with van der Waals surface area (Å²) in [6.07, 6.45) is 8.84. The predicted molar refractivity (Wildman–Crippen MR) is 73.7 cm³/mol. The summed E-state index contributed by atoms with van der Waals surface area (Å²) in [7, 11) is 0. The molecule has 0 aliphatic heterocycles. The Kier molecular flexibility index (Phi) is 2.75. The van der Waals surface area contributed by atoms with Crippen LogP contribution in [-0.4, -0.2) is 19.4 Å². The van der Waals surface area contributed by atoms with Gasteiger partial charge in [-0.1, -0.05) is 0 Å². The number of aromatic nitrogens is 4. The maximum atomic E-state index is 5.79. The molecule has 3 aromatic rings. The zero-order valence-electron chi connectivity index (χ0n) is 10.5. The number of rotatable bonds is 3. The van der Waals surface area contributed by atoms with E-state index in [1.807, 2.05) is 22.7 Å². The van der Waals surface area contributed by atoms with Crippen LogP contribution in [0.1, 0.15) is 18.5 Å². The van der Waals surface area contributed by atoms with Crippen molar-refractivity contribution >= 4 is 17.3 Å². The van der Waals surface area contributed by atoms with Crippen LogP contribution < -0.4 is 11.1 Å². The lowest BCUT2D eigenvalue weighted by atomic mass is 10.1. The number of nitrogen functional groups attached to an aromatic ring is 1. The summed E-state index contributed by atoms with van der Waals surface area (Å²) in [5.41, 5.74) is 7.68. The van der Waals surface area contributed by atoms with Gasteiger partial charge in [0.15, 0.2) is 11.5 Å². The number of fused-ring (bicyclic) bond motifs is 1. The van der Waals surface area contributed by atoms with Crippen molar-refractivity contribution in [3.63, 3.8) is 0 Å². The molecule has 0 saturated heterocycles. The molecule has 0 aromatic carbocycles. The average Bonchev–Trinajstić information content (AvgIpc) is 2.88. The summed E-state index contributed by atoms with van der Waals surface area (Å²) in [6, 6.07) is 4.03. The Balaban J connectivity index is 1.95. The topological polar surface area (TPSA) is 81.1 Å². The van der Waals surface area contributed by atoms with E-state index in [2.05, 4.69) is 27.2 Å². The zero-order chi connectivity index (χ0) is 13.2. The molecular weight excluding hydrogens is 240 g/mol. The molecule has 0 aliphatic rings. The first-order chi connectivity index (χ1) is 9.24. The molecule has 1 unspecified atom stereocenters. The molecule has 0 bridgehead atoms. The Hall–Kier alpha value is -2.63. The van der Waals surface area contributed by atoms with E-state index in [0.29, 0.717) is 11.6 Å². The molecule has 1 atom stereocenters. The van der Waals surface area contributed by atoms with Gasteiger partial charge in [0.2, 0.25) is 0 Å². The smallest absolute Gasteiger partial charge is 0.180 e. The van der Waals surface area contributed by atoms with Crippen LogP contribution in [0.2, 0.25) is 0 Å². The lowest BCUT2D eigenvalue weighted by Gasteiger charge is -2.15. The standard InChI is InChI=1S/C13H14N6/c1-9(10-2-4-15-5-3-10)17-12-13-16-6-7-19(13)8-11(14)18-12/h2-9H,14H2,1H3,(H,17,18). The van der Waals surface area contributed by atoms with Crippen molar-refractivity contribution in [2.45, 2.75) is 13.0 Å². The van der Waals surface area contributed by atoms with Crippen molar-refractivity contribution in [3.8, 4) is 0 Å². The van der Waals surface area contributed by atoms with Crippen LogP contribution in [0.25, 0.3) is 5.65 Å². The van der Waals surface area contributed by atoms with Crippen LogP contribution in [0.15, 0.2) is 43.1 Å². The van der Waals surface area contributed by atoms with Gasteiger partial charge in [-0.25, -0.2) is 9.97 Å². The van der Waals surface area contributed by atoms with Crippen molar-refractivity contribution in [1.82, 2.24) is 19.4 Å². The fourth-order valence-corrected chi connectivity index (χ4v) is 1.99. The number of hydrogen-bond acceptors (Lipinski definition) is 5. The molecule has 3 heterocycles. The summed E-state index contributed by atoms with van der Waals surface area (Å²) < 4.78 is 1.85. The lowest BCUT2D eigenvalue weighted by Crippen LogP contribution is -2.10. The van der Waals surface area contributed by atoms with Gasteiger partial charge >= 0.3 is 0 Å². The maximum Gasteiger partial charge on any atom is 0.180 e. The van der Waals surface area contributed by atoms with Gasteiger partial charge in [-0.15, -0.1) is 0 Å². The molecule has 0 saturated carbocycles. The first kappa shape index (κ1) is 11.5. The SMILES string of the molecule is CC(Nc1nc(N)cn2ccnc12)c1ccncc1. The van der Waals surface area contributed by atoms with Crippen molar-refractivity contribution < 1.29 is 0 Å². The fraction of sp³-hybridized carbons (Fsp3) is 0.154. The molecule has 0 radical (unpaired) electrons. The first-order valence-corrected chi connectivity index (χ1v) is 5.99. The van der Waals surface area contributed by atoms with Crippen LogP contribution in [-0.2, 0) is 0 Å². The largest absolute Gasteiger partial charge is 0.382 e. The zero-order valence-corrected chi connectivity index (χ0v) is 10.5. The molecule has 0 amide bonds. The van der Waals surface area contributed by atoms with Crippen molar-refractivity contribution in [3.05, 3.63) is 48.7 Å². The highest BCUT2D eigenvalue weighted by Crippen LogP contribution is 2.21. The molecule has 96 valence electrons. The maximum absolute atomic E-state index is 5.79. The normalized spacial score (nSPS) is 12.5. The van der Waals surface area contributed by atoms with E-state index < -0.39 is 0 Å². The highest BCUT2D eigenvalue weighted by molar-refractivity contribution is 5.65. The van der Waals surface area contributed by atoms with Crippen molar-refractivity contribution in [2.24, 2.45) is 0 Å². The fourth-order valence-electron chi connectivity index (χ4n) is 1.99. The van der Waals surface area contributed by atoms with E-state index in [0.717, 1.165) is 11.2 Å². The second-order valence-electron chi connectivity index (χ2n) is 4.32. The third kappa shape index (κ3) is 2.20. The van der Waals surface area contributed by atoms with Gasteiger partial charge in [0.05, 0.1) is 12.2 Å². The average molecular weight is 254 g/mol. The van der Waals surface area contributed by atoms with E-state index in [-0.39, 0.29) is 6.04 Å². The van der Waals surface area contributed by atoms with Gasteiger partial charge in [-0.2, -0.15) is 0 Å². The number of nitrogens with zero attached hydrogens (tertiary/aromatic N) is 4. The minimum Gasteiger partial charge on any atom is -0.382 e. The third-order valence-electron chi connectivity index (χ3n) is 2.95. The predicted octanol–water partition coefficient (Wildman–Crippen LogP) is 1.88. The Morgan fingerprint density at radius 1 is 1.26 bits per heavy atom. The number of pyridine rings is 1. The second kappa shape index (κ2) is 4.56. The highest BCUT2D eigenvalue weighted by atomic mass is 15.1. The molecule has 0 fully saturated rings. The number of anilines is 2. The van der Waals surface area contributed by atoms with Crippen LogP contribution in [0, 0.1) is 0 Å². The van der Waals surface area contributed by atoms with Gasteiger partial charge in [0.1, 0.15) is 5.82 Å². The molecule has 6 heteroatoms. The summed E-state index contributed by atoms with van der Waals surface area (Å²) in [5, 5.41) is 3.33. The minimum atomic E-state index is 0.0952.